The van der Waals surface area contributed by atoms with Crippen LogP contribution in [-0.4, -0.2) is 19.4 Å². The standard InChI is InChI=1S/C14H15FN2OS.C2H6/c1-14(2)12(9-4-3-5-10(15)6-9)17-11(8-18)7-16-13(17)19-14;1-2/h3-7,12,18H,8H2,1-2H3;1-2H3. The van der Waals surface area contributed by atoms with Crippen molar-refractivity contribution in [3.63, 3.8) is 0 Å². The fourth-order valence-corrected chi connectivity index (χ4v) is 3.92. The van der Waals surface area contributed by atoms with E-state index in [0.29, 0.717) is 0 Å². The molecule has 1 unspecified atom stereocenters. The minimum atomic E-state index is -0.239. The average molecular weight is 308 g/mol. The van der Waals surface area contributed by atoms with E-state index in [-0.39, 0.29) is 23.2 Å². The molecule has 0 bridgehead atoms. The first-order chi connectivity index (χ1) is 10.0. The van der Waals surface area contributed by atoms with Gasteiger partial charge in [0.1, 0.15) is 5.82 Å². The van der Waals surface area contributed by atoms with Crippen molar-refractivity contribution in [2.24, 2.45) is 0 Å². The number of aliphatic hydroxyl groups is 1. The average Bonchev–Trinajstić information content (AvgIpc) is 2.94. The normalized spacial score (nSPS) is 18.9. The highest BCUT2D eigenvalue weighted by atomic mass is 32.2. The van der Waals surface area contributed by atoms with E-state index in [1.54, 1.807) is 30.1 Å². The summed E-state index contributed by atoms with van der Waals surface area (Å²) in [6.07, 6.45) is 1.68. The number of nitrogens with zero attached hydrogens (tertiary/aromatic N) is 2. The Labute approximate surface area is 129 Å². The third-order valence-electron chi connectivity index (χ3n) is 3.44. The molecule has 1 N–H and O–H groups in total. The second-order valence-corrected chi connectivity index (χ2v) is 6.84. The third-order valence-corrected chi connectivity index (χ3v) is 4.67. The summed E-state index contributed by atoms with van der Waals surface area (Å²) in [5.41, 5.74) is 1.67. The first-order valence-electron chi connectivity index (χ1n) is 7.14. The molecule has 1 aliphatic rings. The van der Waals surface area contributed by atoms with Crippen molar-refractivity contribution in [3.8, 4) is 0 Å². The van der Waals surface area contributed by atoms with Gasteiger partial charge in [-0.05, 0) is 31.5 Å². The Morgan fingerprint density at radius 3 is 2.71 bits per heavy atom. The van der Waals surface area contributed by atoms with Gasteiger partial charge in [0.25, 0.3) is 0 Å². The van der Waals surface area contributed by atoms with Crippen molar-refractivity contribution in [1.29, 1.82) is 0 Å². The Hall–Kier alpha value is -1.33. The monoisotopic (exact) mass is 308 g/mol. The summed E-state index contributed by atoms with van der Waals surface area (Å²) in [6.45, 7) is 8.17. The minimum absolute atomic E-state index is 0.0205. The van der Waals surface area contributed by atoms with E-state index >= 15 is 0 Å². The number of aromatic nitrogens is 2. The van der Waals surface area contributed by atoms with Crippen molar-refractivity contribution in [1.82, 2.24) is 9.55 Å². The number of hydrogen-bond acceptors (Lipinski definition) is 3. The van der Waals surface area contributed by atoms with Gasteiger partial charge in [-0.15, -0.1) is 0 Å². The van der Waals surface area contributed by atoms with Crippen molar-refractivity contribution < 1.29 is 9.50 Å². The van der Waals surface area contributed by atoms with Crippen LogP contribution in [0.1, 0.15) is 45.0 Å². The molecule has 0 saturated heterocycles. The SMILES string of the molecule is CC.CC1(C)Sc2ncc(CO)n2C1c1cccc(F)c1. The van der Waals surface area contributed by atoms with Crippen molar-refractivity contribution in [3.05, 3.63) is 47.5 Å². The lowest BCUT2D eigenvalue weighted by Crippen LogP contribution is -2.26. The molecule has 5 heteroatoms. The topological polar surface area (TPSA) is 38.1 Å². The van der Waals surface area contributed by atoms with Gasteiger partial charge in [-0.1, -0.05) is 37.7 Å². The third kappa shape index (κ3) is 2.85. The quantitative estimate of drug-likeness (QED) is 0.911. The van der Waals surface area contributed by atoms with Crippen molar-refractivity contribution in [2.75, 3.05) is 0 Å². The molecule has 0 spiro atoms. The maximum Gasteiger partial charge on any atom is 0.169 e. The van der Waals surface area contributed by atoms with Crippen LogP contribution >= 0.6 is 11.8 Å². The summed E-state index contributed by atoms with van der Waals surface area (Å²) >= 11 is 1.66. The summed E-state index contributed by atoms with van der Waals surface area (Å²) < 4.78 is 15.4. The van der Waals surface area contributed by atoms with Gasteiger partial charge in [0.15, 0.2) is 5.16 Å². The highest BCUT2D eigenvalue weighted by Crippen LogP contribution is 2.51. The molecular weight excluding hydrogens is 287 g/mol. The molecular formula is C16H21FN2OS. The molecule has 3 rings (SSSR count). The van der Waals surface area contributed by atoms with E-state index in [4.69, 9.17) is 0 Å². The second-order valence-electron chi connectivity index (χ2n) is 5.22. The smallest absolute Gasteiger partial charge is 0.169 e. The maximum absolute atomic E-state index is 13.5. The highest BCUT2D eigenvalue weighted by molar-refractivity contribution is 8.00. The van der Waals surface area contributed by atoms with E-state index in [0.717, 1.165) is 16.4 Å². The largest absolute Gasteiger partial charge is 0.390 e. The summed E-state index contributed by atoms with van der Waals surface area (Å²) in [5, 5.41) is 10.3. The van der Waals surface area contributed by atoms with Gasteiger partial charge >= 0.3 is 0 Å². The summed E-state index contributed by atoms with van der Waals surface area (Å²) in [5.74, 6) is -0.239. The Morgan fingerprint density at radius 2 is 2.10 bits per heavy atom. The van der Waals surface area contributed by atoms with Crippen LogP contribution in [0.25, 0.3) is 0 Å². The van der Waals surface area contributed by atoms with Gasteiger partial charge in [-0.25, -0.2) is 9.37 Å². The van der Waals surface area contributed by atoms with Crippen LogP contribution in [0.15, 0.2) is 35.6 Å². The molecule has 0 amide bonds. The number of imidazole rings is 1. The molecule has 0 radical (unpaired) electrons. The summed E-state index contributed by atoms with van der Waals surface area (Å²) in [6, 6.07) is 6.63. The van der Waals surface area contributed by atoms with E-state index in [1.165, 1.54) is 6.07 Å². The van der Waals surface area contributed by atoms with Crippen LogP contribution in [0.5, 0.6) is 0 Å². The number of halogens is 1. The molecule has 114 valence electrons. The number of hydrogen-bond donors (Lipinski definition) is 1. The molecule has 1 aliphatic heterocycles. The van der Waals surface area contributed by atoms with Crippen LogP contribution in [0.3, 0.4) is 0 Å². The van der Waals surface area contributed by atoms with Gasteiger partial charge in [0.2, 0.25) is 0 Å². The summed E-state index contributed by atoms with van der Waals surface area (Å²) in [7, 11) is 0. The molecule has 1 aromatic heterocycles. The molecule has 0 saturated carbocycles. The molecule has 1 aromatic carbocycles. The highest BCUT2D eigenvalue weighted by Gasteiger charge is 2.42. The molecule has 21 heavy (non-hydrogen) atoms. The zero-order valence-electron chi connectivity index (χ0n) is 12.8. The lowest BCUT2D eigenvalue weighted by molar-refractivity contribution is 0.265. The van der Waals surface area contributed by atoms with Crippen LogP contribution < -0.4 is 0 Å². The number of thioether (sulfide) groups is 1. The maximum atomic E-state index is 13.5. The second kappa shape index (κ2) is 6.20. The lowest BCUT2D eigenvalue weighted by Gasteiger charge is -2.28. The van der Waals surface area contributed by atoms with E-state index in [9.17, 15) is 9.50 Å². The van der Waals surface area contributed by atoms with E-state index < -0.39 is 0 Å². The number of rotatable bonds is 2. The van der Waals surface area contributed by atoms with Gasteiger partial charge in [0.05, 0.1) is 24.5 Å². The minimum Gasteiger partial charge on any atom is -0.390 e. The van der Waals surface area contributed by atoms with Gasteiger partial charge in [-0.2, -0.15) is 0 Å². The zero-order valence-corrected chi connectivity index (χ0v) is 13.6. The Morgan fingerprint density at radius 1 is 1.38 bits per heavy atom. The molecule has 2 heterocycles. The first kappa shape index (κ1) is 16.0. The van der Waals surface area contributed by atoms with Gasteiger partial charge < -0.3 is 9.67 Å². The predicted molar refractivity (Wildman–Crippen MR) is 84.0 cm³/mol. The van der Waals surface area contributed by atoms with Crippen molar-refractivity contribution in [2.45, 2.75) is 50.2 Å². The van der Waals surface area contributed by atoms with Crippen LogP contribution in [-0.2, 0) is 6.61 Å². The number of aliphatic hydroxyl groups excluding tert-OH is 1. The molecule has 3 nitrogen and oxygen atoms in total. The predicted octanol–water partition coefficient (Wildman–Crippen LogP) is 4.01. The lowest BCUT2D eigenvalue weighted by atomic mass is 9.94. The Kier molecular flexibility index (Phi) is 4.74. The van der Waals surface area contributed by atoms with E-state index in [1.807, 2.05) is 24.5 Å². The van der Waals surface area contributed by atoms with Gasteiger partial charge in [-0.3, -0.25) is 0 Å². The first-order valence-corrected chi connectivity index (χ1v) is 7.96. The van der Waals surface area contributed by atoms with Crippen molar-refractivity contribution >= 4 is 11.8 Å². The van der Waals surface area contributed by atoms with E-state index in [2.05, 4.69) is 18.8 Å². The molecule has 0 fully saturated rings. The van der Waals surface area contributed by atoms with Gasteiger partial charge in [0, 0.05) is 4.75 Å². The Balaban J connectivity index is 0.000000774. The zero-order chi connectivity index (χ0) is 15.6. The Bertz CT molecular complexity index is 624. The molecule has 2 aromatic rings. The number of fused-ring (bicyclic) bond motifs is 1. The fourth-order valence-electron chi connectivity index (χ4n) is 2.67. The molecule has 0 aliphatic carbocycles. The fraction of sp³-hybridized carbons (Fsp3) is 0.438. The molecule has 1 atom stereocenters. The van der Waals surface area contributed by atoms with Crippen LogP contribution in [0.2, 0.25) is 0 Å². The van der Waals surface area contributed by atoms with Crippen LogP contribution in [0.4, 0.5) is 4.39 Å². The van der Waals surface area contributed by atoms with Crippen LogP contribution in [0, 0.1) is 5.82 Å². The number of benzene rings is 1. The summed E-state index contributed by atoms with van der Waals surface area (Å²) in [4.78, 5) is 4.33.